The fraction of sp³-hybridized carbons (Fsp3) is 0.160. The van der Waals surface area contributed by atoms with Gasteiger partial charge in [0.1, 0.15) is 5.82 Å². The van der Waals surface area contributed by atoms with Gasteiger partial charge in [-0.2, -0.15) is 5.10 Å². The first kappa shape index (κ1) is 16.8. The predicted molar refractivity (Wildman–Crippen MR) is 116 cm³/mol. The molecule has 28 heavy (non-hydrogen) atoms. The Hall–Kier alpha value is -3.33. The van der Waals surface area contributed by atoms with Gasteiger partial charge >= 0.3 is 0 Å². The van der Waals surface area contributed by atoms with Crippen molar-refractivity contribution in [2.75, 3.05) is 11.9 Å². The summed E-state index contributed by atoms with van der Waals surface area (Å²) in [6, 6.07) is 27.8. The third-order valence-corrected chi connectivity index (χ3v) is 5.52. The van der Waals surface area contributed by atoms with Crippen LogP contribution in [0.25, 0.3) is 28.1 Å². The average Bonchev–Trinajstić information content (AvgIpc) is 3.37. The quantitative estimate of drug-likeness (QED) is 0.500. The van der Waals surface area contributed by atoms with E-state index in [0.717, 1.165) is 30.9 Å². The molecule has 0 amide bonds. The molecule has 0 fully saturated rings. The summed E-state index contributed by atoms with van der Waals surface area (Å²) >= 11 is 0. The first-order chi connectivity index (χ1) is 13.8. The van der Waals surface area contributed by atoms with Crippen molar-refractivity contribution < 1.29 is 0 Å². The summed E-state index contributed by atoms with van der Waals surface area (Å²) in [5.41, 5.74) is 8.53. The van der Waals surface area contributed by atoms with Crippen molar-refractivity contribution in [1.82, 2.24) is 9.78 Å². The van der Waals surface area contributed by atoms with Gasteiger partial charge in [-0.15, -0.1) is 0 Å². The summed E-state index contributed by atoms with van der Waals surface area (Å²) in [6.45, 7) is 3.16. The van der Waals surface area contributed by atoms with Gasteiger partial charge < -0.3 is 5.32 Å². The molecular weight excluding hydrogens is 342 g/mol. The van der Waals surface area contributed by atoms with Crippen LogP contribution in [-0.2, 0) is 12.8 Å². The van der Waals surface area contributed by atoms with E-state index in [1.807, 2.05) is 0 Å². The molecule has 0 aliphatic carbocycles. The Bertz CT molecular complexity index is 1110. The van der Waals surface area contributed by atoms with Crippen LogP contribution in [0.15, 0.2) is 78.9 Å². The highest BCUT2D eigenvalue weighted by atomic mass is 15.3. The molecule has 1 aliphatic rings. The molecule has 3 aromatic carbocycles. The van der Waals surface area contributed by atoms with Crippen molar-refractivity contribution in [3.05, 3.63) is 90.0 Å². The Labute approximate surface area is 165 Å². The molecule has 4 aromatic rings. The fourth-order valence-electron chi connectivity index (χ4n) is 4.05. The first-order valence-electron chi connectivity index (χ1n) is 9.95. The smallest absolute Gasteiger partial charge is 0.133 e. The van der Waals surface area contributed by atoms with Crippen molar-refractivity contribution >= 4 is 5.82 Å². The molecule has 0 atom stereocenters. The molecule has 0 saturated carbocycles. The molecule has 2 heterocycles. The van der Waals surface area contributed by atoms with Gasteiger partial charge in [-0.05, 0) is 35.6 Å². The van der Waals surface area contributed by atoms with Crippen molar-refractivity contribution in [2.24, 2.45) is 0 Å². The molecule has 1 aliphatic heterocycles. The Balaban J connectivity index is 1.58. The number of nitrogens with zero attached hydrogens (tertiary/aromatic N) is 2. The van der Waals surface area contributed by atoms with Gasteiger partial charge in [0.2, 0.25) is 0 Å². The largest absolute Gasteiger partial charge is 0.369 e. The number of benzene rings is 3. The second kappa shape index (κ2) is 7.01. The lowest BCUT2D eigenvalue weighted by molar-refractivity contribution is 0.866. The van der Waals surface area contributed by atoms with Crippen LogP contribution in [0.2, 0.25) is 0 Å². The number of hydrogen-bond donors (Lipinski definition) is 1. The number of anilines is 1. The monoisotopic (exact) mass is 365 g/mol. The maximum absolute atomic E-state index is 5.04. The number of hydrogen-bond acceptors (Lipinski definition) is 2. The van der Waals surface area contributed by atoms with E-state index in [0.29, 0.717) is 0 Å². The van der Waals surface area contributed by atoms with E-state index in [2.05, 4.69) is 95.8 Å². The van der Waals surface area contributed by atoms with Crippen LogP contribution in [-0.4, -0.2) is 16.3 Å². The molecule has 1 aromatic heterocycles. The van der Waals surface area contributed by atoms with Crippen LogP contribution in [0.5, 0.6) is 0 Å². The summed E-state index contributed by atoms with van der Waals surface area (Å²) in [5, 5.41) is 8.58. The van der Waals surface area contributed by atoms with E-state index in [9.17, 15) is 0 Å². The van der Waals surface area contributed by atoms with E-state index in [1.165, 1.54) is 33.5 Å². The molecule has 0 saturated heterocycles. The molecule has 0 radical (unpaired) electrons. The van der Waals surface area contributed by atoms with Crippen LogP contribution in [0, 0.1) is 0 Å². The minimum atomic E-state index is 0.969. The second-order valence-electron chi connectivity index (χ2n) is 7.19. The van der Waals surface area contributed by atoms with E-state index >= 15 is 0 Å². The van der Waals surface area contributed by atoms with Crippen LogP contribution >= 0.6 is 0 Å². The topological polar surface area (TPSA) is 29.9 Å². The van der Waals surface area contributed by atoms with Crippen LogP contribution in [0.3, 0.4) is 0 Å². The van der Waals surface area contributed by atoms with Crippen molar-refractivity contribution in [2.45, 2.75) is 19.8 Å². The minimum Gasteiger partial charge on any atom is -0.369 e. The van der Waals surface area contributed by atoms with Gasteiger partial charge in [-0.1, -0.05) is 79.7 Å². The lowest BCUT2D eigenvalue weighted by Crippen LogP contribution is -2.06. The highest BCUT2D eigenvalue weighted by molar-refractivity contribution is 5.75. The minimum absolute atomic E-state index is 0.969. The summed E-state index contributed by atoms with van der Waals surface area (Å²) in [4.78, 5) is 0. The van der Waals surface area contributed by atoms with Crippen LogP contribution in [0.4, 0.5) is 5.82 Å². The van der Waals surface area contributed by atoms with Gasteiger partial charge in [-0.3, -0.25) is 0 Å². The SMILES string of the molecule is CCc1ccccc1-n1nc(-c2ccc(-c3ccccc3)cc2)c2c1NCC2. The standard InChI is InChI=1S/C25H23N3/c1-2-18-8-6-7-11-23(18)28-25-22(16-17-26-25)24(27-28)21-14-12-20(13-15-21)19-9-4-3-5-10-19/h3-15,26H,2,16-17H2,1H3. The molecule has 3 heteroatoms. The van der Waals surface area contributed by atoms with Crippen molar-refractivity contribution in [3.8, 4) is 28.1 Å². The predicted octanol–water partition coefficient (Wildman–Crippen LogP) is 5.74. The summed E-state index contributed by atoms with van der Waals surface area (Å²) in [6.07, 6.45) is 2.01. The summed E-state index contributed by atoms with van der Waals surface area (Å²) in [5.74, 6) is 1.14. The first-order valence-corrected chi connectivity index (χ1v) is 9.95. The maximum atomic E-state index is 5.04. The van der Waals surface area contributed by atoms with Gasteiger partial charge in [0.25, 0.3) is 0 Å². The summed E-state index contributed by atoms with van der Waals surface area (Å²) < 4.78 is 2.10. The number of rotatable bonds is 4. The highest BCUT2D eigenvalue weighted by Gasteiger charge is 2.24. The maximum Gasteiger partial charge on any atom is 0.133 e. The normalized spacial score (nSPS) is 12.6. The lowest BCUT2D eigenvalue weighted by atomic mass is 10.0. The number of aryl methyl sites for hydroxylation is 1. The molecule has 0 unspecified atom stereocenters. The van der Waals surface area contributed by atoms with Crippen LogP contribution < -0.4 is 5.32 Å². The van der Waals surface area contributed by atoms with E-state index < -0.39 is 0 Å². The molecule has 1 N–H and O–H groups in total. The molecule has 5 rings (SSSR count). The van der Waals surface area contributed by atoms with E-state index in [-0.39, 0.29) is 0 Å². The lowest BCUT2D eigenvalue weighted by Gasteiger charge is -2.10. The highest BCUT2D eigenvalue weighted by Crippen LogP contribution is 2.36. The second-order valence-corrected chi connectivity index (χ2v) is 7.19. The Morgan fingerprint density at radius 3 is 2.29 bits per heavy atom. The Morgan fingerprint density at radius 2 is 1.50 bits per heavy atom. The third-order valence-electron chi connectivity index (χ3n) is 5.52. The summed E-state index contributed by atoms with van der Waals surface area (Å²) in [7, 11) is 0. The van der Waals surface area contributed by atoms with Gasteiger partial charge in [-0.25, -0.2) is 4.68 Å². The zero-order chi connectivity index (χ0) is 18.9. The average molecular weight is 365 g/mol. The Morgan fingerprint density at radius 1 is 0.821 bits per heavy atom. The van der Waals surface area contributed by atoms with Crippen molar-refractivity contribution in [1.29, 1.82) is 0 Å². The van der Waals surface area contributed by atoms with Crippen molar-refractivity contribution in [3.63, 3.8) is 0 Å². The fourth-order valence-corrected chi connectivity index (χ4v) is 4.05. The zero-order valence-corrected chi connectivity index (χ0v) is 16.0. The molecule has 3 nitrogen and oxygen atoms in total. The number of aromatic nitrogens is 2. The number of para-hydroxylation sites is 1. The van der Waals surface area contributed by atoms with Crippen LogP contribution in [0.1, 0.15) is 18.1 Å². The van der Waals surface area contributed by atoms with E-state index in [4.69, 9.17) is 5.10 Å². The molecule has 0 spiro atoms. The van der Waals surface area contributed by atoms with Gasteiger partial charge in [0, 0.05) is 17.7 Å². The number of nitrogens with one attached hydrogen (secondary N) is 1. The third kappa shape index (κ3) is 2.80. The zero-order valence-electron chi connectivity index (χ0n) is 16.0. The van der Waals surface area contributed by atoms with Gasteiger partial charge in [0.15, 0.2) is 0 Å². The van der Waals surface area contributed by atoms with E-state index in [1.54, 1.807) is 0 Å². The number of fused-ring (bicyclic) bond motifs is 1. The molecule has 138 valence electrons. The Kier molecular flexibility index (Phi) is 4.21. The molecule has 0 bridgehead atoms. The molecular formula is C25H23N3. The van der Waals surface area contributed by atoms with Gasteiger partial charge in [0.05, 0.1) is 11.4 Å².